The second-order valence-corrected chi connectivity index (χ2v) is 15.8. The summed E-state index contributed by atoms with van der Waals surface area (Å²) in [5.41, 5.74) is 9.10. The topological polar surface area (TPSA) is 64.5 Å². The highest BCUT2D eigenvalue weighted by Gasteiger charge is 2.20. The Morgan fingerprint density at radius 3 is 1.71 bits per heavy atom. The summed E-state index contributed by atoms with van der Waals surface area (Å²) in [7, 11) is 0. The Hall–Kier alpha value is -6.93. The van der Waals surface area contributed by atoms with Crippen molar-refractivity contribution >= 4 is 63.1 Å². The molecule has 4 heterocycles. The number of hydrogen-bond acceptors (Lipinski definition) is 7. The van der Waals surface area contributed by atoms with E-state index in [4.69, 9.17) is 24.9 Å². The highest BCUT2D eigenvalue weighted by molar-refractivity contribution is 7.26. The van der Waals surface area contributed by atoms with E-state index in [-0.39, 0.29) is 0 Å². The van der Waals surface area contributed by atoms with Crippen LogP contribution in [0.5, 0.6) is 0 Å². The van der Waals surface area contributed by atoms with Gasteiger partial charge in [0.05, 0.1) is 15.9 Å². The van der Waals surface area contributed by atoms with Crippen LogP contribution in [-0.2, 0) is 0 Å². The normalized spacial score (nSPS) is 11.6. The standard InChI is InChI=1S/C49H29N5S2/c1-4-14-30(15-5-1)33-20-12-21-34(28-33)48-52-46(32-18-8-3-9-19-32)53-49(54-48)38-23-13-25-40-42(38)36-27-26-35(29-41(36)55-40)47-50-43(31-16-6-2-7-17-31)45-44(51-47)37-22-10-11-24-39(37)56-45/h1-29H. The molecule has 0 aliphatic carbocycles. The highest BCUT2D eigenvalue weighted by Crippen LogP contribution is 2.43. The number of rotatable bonds is 6. The van der Waals surface area contributed by atoms with E-state index in [1.807, 2.05) is 42.5 Å². The van der Waals surface area contributed by atoms with Crippen molar-refractivity contribution in [1.82, 2.24) is 24.9 Å². The largest absolute Gasteiger partial charge is 0.226 e. The van der Waals surface area contributed by atoms with Gasteiger partial charge in [0.15, 0.2) is 23.3 Å². The van der Waals surface area contributed by atoms with Gasteiger partial charge in [0.25, 0.3) is 0 Å². The molecule has 11 rings (SSSR count). The summed E-state index contributed by atoms with van der Waals surface area (Å²) in [4.78, 5) is 25.8. The lowest BCUT2D eigenvalue weighted by Gasteiger charge is -2.10. The lowest BCUT2D eigenvalue weighted by atomic mass is 10.0. The van der Waals surface area contributed by atoms with Gasteiger partial charge < -0.3 is 0 Å². The van der Waals surface area contributed by atoms with Crippen molar-refractivity contribution in [2.24, 2.45) is 0 Å². The maximum atomic E-state index is 5.24. The summed E-state index contributed by atoms with van der Waals surface area (Å²) >= 11 is 3.52. The SMILES string of the molecule is c1ccc(-c2cccc(-c3nc(-c4ccccc4)nc(-c4cccc5sc6cc(-c7nc(-c8ccccc8)c8sc9ccccc9c8n7)ccc6c45)n3)c2)cc1. The van der Waals surface area contributed by atoms with Crippen LogP contribution in [0.25, 0.3) is 108 Å². The van der Waals surface area contributed by atoms with Crippen LogP contribution in [0.4, 0.5) is 0 Å². The molecule has 262 valence electrons. The summed E-state index contributed by atoms with van der Waals surface area (Å²) in [5.74, 6) is 2.62. The van der Waals surface area contributed by atoms with E-state index in [0.717, 1.165) is 80.4 Å². The molecule has 0 amide bonds. The molecule has 0 spiro atoms. The van der Waals surface area contributed by atoms with Crippen LogP contribution in [0.1, 0.15) is 0 Å². The molecule has 0 atom stereocenters. The van der Waals surface area contributed by atoms with Crippen LogP contribution < -0.4 is 0 Å². The van der Waals surface area contributed by atoms with Gasteiger partial charge >= 0.3 is 0 Å². The molecule has 0 unspecified atom stereocenters. The number of thiophene rings is 2. The minimum atomic E-state index is 0.633. The molecule has 0 radical (unpaired) electrons. The van der Waals surface area contributed by atoms with E-state index in [9.17, 15) is 0 Å². The first-order chi connectivity index (χ1) is 27.7. The van der Waals surface area contributed by atoms with Crippen molar-refractivity contribution in [1.29, 1.82) is 0 Å². The average Bonchev–Trinajstić information content (AvgIpc) is 3.85. The molecule has 56 heavy (non-hydrogen) atoms. The molecule has 7 heteroatoms. The number of fused-ring (bicyclic) bond motifs is 6. The van der Waals surface area contributed by atoms with Gasteiger partial charge in [0, 0.05) is 58.1 Å². The fourth-order valence-corrected chi connectivity index (χ4v) is 9.80. The van der Waals surface area contributed by atoms with Gasteiger partial charge in [-0.1, -0.05) is 152 Å². The van der Waals surface area contributed by atoms with Gasteiger partial charge in [-0.25, -0.2) is 24.9 Å². The van der Waals surface area contributed by atoms with Crippen molar-refractivity contribution in [2.75, 3.05) is 0 Å². The maximum absolute atomic E-state index is 5.24. The van der Waals surface area contributed by atoms with Crippen LogP contribution in [-0.4, -0.2) is 24.9 Å². The van der Waals surface area contributed by atoms with Crippen LogP contribution in [0.2, 0.25) is 0 Å². The predicted octanol–water partition coefficient (Wildman–Crippen LogP) is 13.4. The number of aromatic nitrogens is 5. The van der Waals surface area contributed by atoms with Crippen molar-refractivity contribution in [2.45, 2.75) is 0 Å². The van der Waals surface area contributed by atoms with Crippen molar-refractivity contribution in [3.05, 3.63) is 176 Å². The van der Waals surface area contributed by atoms with Crippen LogP contribution in [0, 0.1) is 0 Å². The fraction of sp³-hybridized carbons (Fsp3) is 0. The maximum Gasteiger partial charge on any atom is 0.164 e. The molecule has 0 aliphatic rings. The zero-order valence-corrected chi connectivity index (χ0v) is 31.4. The molecule has 0 bridgehead atoms. The molecule has 0 saturated heterocycles. The Balaban J connectivity index is 1.08. The summed E-state index contributed by atoms with van der Waals surface area (Å²) < 4.78 is 4.62. The molecule has 5 nitrogen and oxygen atoms in total. The monoisotopic (exact) mass is 751 g/mol. The summed E-state index contributed by atoms with van der Waals surface area (Å²) in [5, 5.41) is 3.42. The van der Waals surface area contributed by atoms with E-state index in [0.29, 0.717) is 23.3 Å². The second-order valence-electron chi connectivity index (χ2n) is 13.6. The minimum absolute atomic E-state index is 0.633. The average molecular weight is 752 g/mol. The van der Waals surface area contributed by atoms with Crippen molar-refractivity contribution < 1.29 is 0 Å². The van der Waals surface area contributed by atoms with E-state index in [1.54, 1.807) is 22.7 Å². The smallest absolute Gasteiger partial charge is 0.164 e. The first-order valence-corrected chi connectivity index (χ1v) is 20.0. The van der Waals surface area contributed by atoms with Gasteiger partial charge in [0.2, 0.25) is 0 Å². The van der Waals surface area contributed by atoms with Gasteiger partial charge in [-0.05, 0) is 35.4 Å². The molecule has 11 aromatic rings. The molecule has 0 fully saturated rings. The summed E-state index contributed by atoms with van der Waals surface area (Å²) in [6.07, 6.45) is 0. The third kappa shape index (κ3) is 5.64. The Bertz CT molecular complexity index is 3250. The first kappa shape index (κ1) is 32.5. The Kier molecular flexibility index (Phi) is 7.79. The molecule has 4 aromatic heterocycles. The summed E-state index contributed by atoms with van der Waals surface area (Å²) in [6.45, 7) is 0. The lowest BCUT2D eigenvalue weighted by Crippen LogP contribution is -2.00. The zero-order valence-electron chi connectivity index (χ0n) is 29.8. The molecule has 0 N–H and O–H groups in total. The zero-order chi connectivity index (χ0) is 37.0. The number of nitrogens with zero attached hydrogens (tertiary/aromatic N) is 5. The van der Waals surface area contributed by atoms with Gasteiger partial charge in [0.1, 0.15) is 0 Å². The van der Waals surface area contributed by atoms with Crippen LogP contribution >= 0.6 is 22.7 Å². The lowest BCUT2D eigenvalue weighted by molar-refractivity contribution is 1.08. The van der Waals surface area contributed by atoms with E-state index in [1.165, 1.54) is 4.70 Å². The molecule has 0 aliphatic heterocycles. The third-order valence-corrected chi connectivity index (χ3v) is 12.4. The third-order valence-electron chi connectivity index (χ3n) is 10.2. The Labute approximate surface area is 330 Å². The van der Waals surface area contributed by atoms with Crippen molar-refractivity contribution in [3.8, 4) is 67.9 Å². The number of benzene rings is 7. The van der Waals surface area contributed by atoms with Gasteiger partial charge in [-0.2, -0.15) is 0 Å². The van der Waals surface area contributed by atoms with Gasteiger partial charge in [-0.3, -0.25) is 0 Å². The quantitative estimate of drug-likeness (QED) is 0.169. The van der Waals surface area contributed by atoms with Crippen LogP contribution in [0.15, 0.2) is 176 Å². The number of hydrogen-bond donors (Lipinski definition) is 0. The highest BCUT2D eigenvalue weighted by atomic mass is 32.1. The van der Waals surface area contributed by atoms with E-state index >= 15 is 0 Å². The van der Waals surface area contributed by atoms with Crippen molar-refractivity contribution in [3.63, 3.8) is 0 Å². The van der Waals surface area contributed by atoms with E-state index in [2.05, 4.69) is 133 Å². The summed E-state index contributed by atoms with van der Waals surface area (Å²) in [6, 6.07) is 60.9. The Morgan fingerprint density at radius 2 is 0.911 bits per heavy atom. The first-order valence-electron chi connectivity index (χ1n) is 18.4. The fourth-order valence-electron chi connectivity index (χ4n) is 7.47. The van der Waals surface area contributed by atoms with Crippen LogP contribution in [0.3, 0.4) is 0 Å². The molecular formula is C49H29N5S2. The van der Waals surface area contributed by atoms with Gasteiger partial charge in [-0.15, -0.1) is 22.7 Å². The molecular weight excluding hydrogens is 723 g/mol. The predicted molar refractivity (Wildman–Crippen MR) is 234 cm³/mol. The van der Waals surface area contributed by atoms with E-state index < -0.39 is 0 Å². The minimum Gasteiger partial charge on any atom is -0.226 e. The molecule has 7 aromatic carbocycles. The molecule has 0 saturated carbocycles. The second kappa shape index (κ2) is 13.4. The Morgan fingerprint density at radius 1 is 0.321 bits per heavy atom.